The van der Waals surface area contributed by atoms with E-state index in [0.29, 0.717) is 6.54 Å². The first kappa shape index (κ1) is 15.0. The number of benzene rings is 2. The molecule has 0 spiro atoms. The van der Waals surface area contributed by atoms with Crippen LogP contribution in [0, 0.1) is 0 Å². The number of nitrogens with zero attached hydrogens (tertiary/aromatic N) is 1. The van der Waals surface area contributed by atoms with Gasteiger partial charge < -0.3 is 10.0 Å². The van der Waals surface area contributed by atoms with Gasteiger partial charge in [-0.15, -0.1) is 0 Å². The fraction of sp³-hybridized carbons (Fsp3) is 0.158. The van der Waals surface area contributed by atoms with Crippen molar-refractivity contribution < 1.29 is 14.7 Å². The minimum Gasteiger partial charge on any atom is -0.478 e. The van der Waals surface area contributed by atoms with E-state index < -0.39 is 5.97 Å². The number of hydrogen-bond acceptors (Lipinski definition) is 2. The number of para-hydroxylation sites is 1. The van der Waals surface area contributed by atoms with E-state index in [-0.39, 0.29) is 11.8 Å². The number of hydrogen-bond donors (Lipinski definition) is 1. The van der Waals surface area contributed by atoms with Gasteiger partial charge in [-0.05, 0) is 29.7 Å². The second-order valence-corrected chi connectivity index (χ2v) is 5.47. The van der Waals surface area contributed by atoms with Crippen LogP contribution in [0.5, 0.6) is 0 Å². The van der Waals surface area contributed by atoms with Gasteiger partial charge in [-0.3, -0.25) is 4.79 Å². The van der Waals surface area contributed by atoms with E-state index in [9.17, 15) is 9.59 Å². The van der Waals surface area contributed by atoms with Crippen molar-refractivity contribution in [1.29, 1.82) is 0 Å². The van der Waals surface area contributed by atoms with Crippen molar-refractivity contribution in [2.24, 2.45) is 0 Å². The predicted octanol–water partition coefficient (Wildman–Crippen LogP) is 3.30. The van der Waals surface area contributed by atoms with E-state index >= 15 is 0 Å². The molecular weight excluding hydrogens is 290 g/mol. The topological polar surface area (TPSA) is 57.6 Å². The van der Waals surface area contributed by atoms with Gasteiger partial charge in [0.25, 0.3) is 0 Å². The predicted molar refractivity (Wildman–Crippen MR) is 89.3 cm³/mol. The normalized spacial score (nSPS) is 17.8. The molecule has 2 aromatic rings. The molecule has 4 heteroatoms. The second kappa shape index (κ2) is 6.48. The van der Waals surface area contributed by atoms with Crippen molar-refractivity contribution in [2.45, 2.75) is 12.3 Å². The van der Waals surface area contributed by atoms with Crippen LogP contribution in [0.25, 0.3) is 6.08 Å². The number of rotatable bonds is 4. The minimum absolute atomic E-state index is 0.0624. The van der Waals surface area contributed by atoms with Crippen LogP contribution in [0.2, 0.25) is 0 Å². The molecule has 1 atom stereocenters. The van der Waals surface area contributed by atoms with E-state index in [1.165, 1.54) is 6.08 Å². The monoisotopic (exact) mass is 307 g/mol. The zero-order valence-electron chi connectivity index (χ0n) is 12.6. The Labute approximate surface area is 134 Å². The number of carboxylic acids is 1. The Morgan fingerprint density at radius 2 is 1.78 bits per heavy atom. The van der Waals surface area contributed by atoms with Crippen LogP contribution in [0.3, 0.4) is 0 Å². The summed E-state index contributed by atoms with van der Waals surface area (Å²) in [6.45, 7) is 0.635. The smallest absolute Gasteiger partial charge is 0.328 e. The summed E-state index contributed by atoms with van der Waals surface area (Å²) < 4.78 is 0. The fourth-order valence-electron chi connectivity index (χ4n) is 2.95. The maximum Gasteiger partial charge on any atom is 0.328 e. The minimum atomic E-state index is -1.00. The highest BCUT2D eigenvalue weighted by atomic mass is 16.4. The van der Waals surface area contributed by atoms with Crippen LogP contribution in [0.1, 0.15) is 23.5 Å². The van der Waals surface area contributed by atoms with E-state index in [1.54, 1.807) is 4.90 Å². The Kier molecular flexibility index (Phi) is 4.24. The lowest BCUT2D eigenvalue weighted by atomic mass is 9.98. The molecule has 3 rings (SSSR count). The van der Waals surface area contributed by atoms with Crippen LogP contribution in [0.4, 0.5) is 5.69 Å². The number of carbonyl (C=O) groups is 2. The number of carbonyl (C=O) groups excluding carboxylic acids is 1. The summed E-state index contributed by atoms with van der Waals surface area (Å²) in [7, 11) is 0. The SMILES string of the molecule is O=C(O)C=Cc1ccccc1N1CCC(c2ccccc2)C1=O. The molecule has 1 N–H and O–H groups in total. The number of aliphatic carboxylic acids is 1. The molecule has 0 saturated carbocycles. The molecule has 0 aromatic heterocycles. The number of amides is 1. The summed E-state index contributed by atoms with van der Waals surface area (Å²) in [6.07, 6.45) is 3.38. The Morgan fingerprint density at radius 3 is 2.52 bits per heavy atom. The third-order valence-electron chi connectivity index (χ3n) is 4.04. The molecule has 1 amide bonds. The molecule has 2 aromatic carbocycles. The highest BCUT2D eigenvalue weighted by molar-refractivity contribution is 6.02. The quantitative estimate of drug-likeness (QED) is 0.882. The van der Waals surface area contributed by atoms with Crippen molar-refractivity contribution >= 4 is 23.6 Å². The largest absolute Gasteiger partial charge is 0.478 e. The number of anilines is 1. The summed E-state index contributed by atoms with van der Waals surface area (Å²) in [5.74, 6) is -1.07. The molecule has 1 fully saturated rings. The molecule has 116 valence electrons. The third-order valence-corrected chi connectivity index (χ3v) is 4.04. The third kappa shape index (κ3) is 3.16. The Morgan fingerprint density at radius 1 is 1.09 bits per heavy atom. The lowest BCUT2D eigenvalue weighted by Gasteiger charge is -2.19. The molecule has 23 heavy (non-hydrogen) atoms. The molecule has 0 radical (unpaired) electrons. The van der Waals surface area contributed by atoms with Crippen LogP contribution in [0.15, 0.2) is 60.7 Å². The van der Waals surface area contributed by atoms with Gasteiger partial charge in [0.2, 0.25) is 5.91 Å². The van der Waals surface area contributed by atoms with Gasteiger partial charge in [0.15, 0.2) is 0 Å². The Hall–Kier alpha value is -2.88. The van der Waals surface area contributed by atoms with Gasteiger partial charge in [0, 0.05) is 12.6 Å². The lowest BCUT2D eigenvalue weighted by Crippen LogP contribution is -2.27. The summed E-state index contributed by atoms with van der Waals surface area (Å²) in [5.41, 5.74) is 2.52. The molecule has 1 saturated heterocycles. The van der Waals surface area contributed by atoms with Gasteiger partial charge in [-0.25, -0.2) is 4.79 Å². The highest BCUT2D eigenvalue weighted by Gasteiger charge is 2.34. The molecule has 1 aliphatic rings. The molecule has 4 nitrogen and oxygen atoms in total. The van der Waals surface area contributed by atoms with Gasteiger partial charge in [-0.2, -0.15) is 0 Å². The summed E-state index contributed by atoms with van der Waals surface area (Å²) in [6, 6.07) is 17.1. The maximum absolute atomic E-state index is 12.8. The van der Waals surface area contributed by atoms with E-state index in [4.69, 9.17) is 5.11 Å². The highest BCUT2D eigenvalue weighted by Crippen LogP contribution is 2.34. The van der Waals surface area contributed by atoms with Gasteiger partial charge in [-0.1, -0.05) is 48.5 Å². The summed E-state index contributed by atoms with van der Waals surface area (Å²) in [4.78, 5) is 25.3. The van der Waals surface area contributed by atoms with Crippen LogP contribution >= 0.6 is 0 Å². The van der Waals surface area contributed by atoms with E-state index in [0.717, 1.165) is 29.3 Å². The van der Waals surface area contributed by atoms with E-state index in [1.807, 2.05) is 54.6 Å². The van der Waals surface area contributed by atoms with Crippen LogP contribution < -0.4 is 4.90 Å². The number of carboxylic acid groups (broad SMARTS) is 1. The Bertz CT molecular complexity index is 752. The van der Waals surface area contributed by atoms with Crippen molar-refractivity contribution in [3.05, 3.63) is 71.8 Å². The summed E-state index contributed by atoms with van der Waals surface area (Å²) in [5, 5.41) is 8.81. The zero-order chi connectivity index (χ0) is 16.2. The van der Waals surface area contributed by atoms with Crippen molar-refractivity contribution in [3.63, 3.8) is 0 Å². The van der Waals surface area contributed by atoms with Gasteiger partial charge in [0.1, 0.15) is 0 Å². The van der Waals surface area contributed by atoms with Crippen LogP contribution in [-0.4, -0.2) is 23.5 Å². The first-order valence-electron chi connectivity index (χ1n) is 7.53. The first-order chi connectivity index (χ1) is 11.2. The van der Waals surface area contributed by atoms with Crippen molar-refractivity contribution in [3.8, 4) is 0 Å². The maximum atomic E-state index is 12.8. The average molecular weight is 307 g/mol. The molecule has 0 aliphatic carbocycles. The van der Waals surface area contributed by atoms with E-state index in [2.05, 4.69) is 0 Å². The molecule has 1 heterocycles. The van der Waals surface area contributed by atoms with Crippen molar-refractivity contribution in [1.82, 2.24) is 0 Å². The molecule has 1 aliphatic heterocycles. The molecular formula is C19H17NO3. The zero-order valence-corrected chi connectivity index (χ0v) is 12.6. The molecule has 1 unspecified atom stereocenters. The first-order valence-corrected chi connectivity index (χ1v) is 7.53. The summed E-state index contributed by atoms with van der Waals surface area (Å²) >= 11 is 0. The second-order valence-electron chi connectivity index (χ2n) is 5.47. The standard InChI is InChI=1S/C19H17NO3/c21-18(22)11-10-15-8-4-5-9-17(15)20-13-12-16(19(20)23)14-6-2-1-3-7-14/h1-11,16H,12-13H2,(H,21,22). The lowest BCUT2D eigenvalue weighted by molar-refractivity contribution is -0.131. The Balaban J connectivity index is 1.89. The van der Waals surface area contributed by atoms with Gasteiger partial charge >= 0.3 is 5.97 Å². The van der Waals surface area contributed by atoms with Gasteiger partial charge in [0.05, 0.1) is 11.6 Å². The average Bonchev–Trinajstić information content (AvgIpc) is 2.95. The fourth-order valence-corrected chi connectivity index (χ4v) is 2.95. The van der Waals surface area contributed by atoms with Crippen LogP contribution in [-0.2, 0) is 9.59 Å². The van der Waals surface area contributed by atoms with Crippen molar-refractivity contribution in [2.75, 3.05) is 11.4 Å². The molecule has 0 bridgehead atoms.